The third-order valence-electron chi connectivity index (χ3n) is 2.25. The van der Waals surface area contributed by atoms with Gasteiger partial charge in [-0.05, 0) is 35.0 Å². The molecule has 7 heteroatoms. The number of amides is 2. The summed E-state index contributed by atoms with van der Waals surface area (Å²) in [6.07, 6.45) is 0. The molecular formula is C13H15BrN2O4. The molecular weight excluding hydrogens is 328 g/mol. The fraction of sp³-hybridized carbons (Fsp3) is 0.308. The van der Waals surface area contributed by atoms with Crippen LogP contribution in [0.4, 0.5) is 0 Å². The zero-order valence-electron chi connectivity index (χ0n) is 10.9. The first-order valence-corrected chi connectivity index (χ1v) is 6.79. The van der Waals surface area contributed by atoms with Gasteiger partial charge in [0.1, 0.15) is 0 Å². The largest absolute Gasteiger partial charge is 0.452 e. The van der Waals surface area contributed by atoms with Gasteiger partial charge in [0, 0.05) is 11.0 Å². The maximum Gasteiger partial charge on any atom is 0.339 e. The number of carbonyl (C=O) groups excluding carboxylic acids is 3. The Morgan fingerprint density at radius 1 is 1.15 bits per heavy atom. The lowest BCUT2D eigenvalue weighted by molar-refractivity contribution is -0.127. The highest BCUT2D eigenvalue weighted by Crippen LogP contribution is 2.16. The van der Waals surface area contributed by atoms with E-state index in [1.165, 1.54) is 0 Å². The molecule has 1 aromatic carbocycles. The molecule has 2 N–H and O–H groups in total. The number of ether oxygens (including phenoxy) is 1. The Kier molecular flexibility index (Phi) is 6.72. The third kappa shape index (κ3) is 5.40. The summed E-state index contributed by atoms with van der Waals surface area (Å²) in [5, 5.41) is 4.88. The highest BCUT2D eigenvalue weighted by molar-refractivity contribution is 9.10. The fourth-order valence-electron chi connectivity index (χ4n) is 1.33. The fourth-order valence-corrected chi connectivity index (χ4v) is 1.77. The molecule has 0 spiro atoms. The number of carbonyl (C=O) groups is 3. The summed E-state index contributed by atoms with van der Waals surface area (Å²) in [6.45, 7) is 1.70. The van der Waals surface area contributed by atoms with E-state index in [1.807, 2.05) is 0 Å². The van der Waals surface area contributed by atoms with Gasteiger partial charge in [-0.25, -0.2) is 4.79 Å². The number of hydrogen-bond acceptors (Lipinski definition) is 4. The van der Waals surface area contributed by atoms with E-state index in [-0.39, 0.29) is 12.5 Å². The number of esters is 1. The molecule has 0 heterocycles. The molecule has 0 fully saturated rings. The Morgan fingerprint density at radius 3 is 2.50 bits per heavy atom. The predicted octanol–water partition coefficient (Wildman–Crippen LogP) is 0.858. The Morgan fingerprint density at radius 2 is 1.85 bits per heavy atom. The third-order valence-corrected chi connectivity index (χ3v) is 2.94. The lowest BCUT2D eigenvalue weighted by atomic mass is 10.2. The second-order valence-corrected chi connectivity index (χ2v) is 4.64. The normalized spacial score (nSPS) is 9.70. The summed E-state index contributed by atoms with van der Waals surface area (Å²) in [4.78, 5) is 34.2. The number of likely N-dealkylation sites (N-methyl/N-ethyl adjacent to an activating group) is 1. The summed E-state index contributed by atoms with van der Waals surface area (Å²) >= 11 is 3.22. The van der Waals surface area contributed by atoms with Crippen molar-refractivity contribution in [2.24, 2.45) is 0 Å². The SMILES string of the molecule is CCNC(=O)CNC(=O)COC(=O)c1ccccc1Br. The number of rotatable bonds is 6. The van der Waals surface area contributed by atoms with Crippen molar-refractivity contribution in [3.63, 3.8) is 0 Å². The Bertz CT molecular complexity index is 505. The van der Waals surface area contributed by atoms with E-state index < -0.39 is 18.5 Å². The molecule has 6 nitrogen and oxygen atoms in total. The molecule has 0 unspecified atom stereocenters. The van der Waals surface area contributed by atoms with Crippen molar-refractivity contribution < 1.29 is 19.1 Å². The lowest BCUT2D eigenvalue weighted by Gasteiger charge is -2.07. The number of halogens is 1. The molecule has 2 amide bonds. The van der Waals surface area contributed by atoms with E-state index in [0.717, 1.165) is 0 Å². The Labute approximate surface area is 125 Å². The summed E-state index contributed by atoms with van der Waals surface area (Å²) < 4.78 is 5.44. The molecule has 0 aliphatic rings. The number of hydrogen-bond donors (Lipinski definition) is 2. The Balaban J connectivity index is 2.36. The van der Waals surface area contributed by atoms with Crippen LogP contribution in [0, 0.1) is 0 Å². The van der Waals surface area contributed by atoms with Gasteiger partial charge in [-0.1, -0.05) is 12.1 Å². The molecule has 108 valence electrons. The first kappa shape index (κ1) is 16.2. The van der Waals surface area contributed by atoms with Gasteiger partial charge in [0.25, 0.3) is 5.91 Å². The maximum atomic E-state index is 11.7. The van der Waals surface area contributed by atoms with Gasteiger partial charge in [-0.15, -0.1) is 0 Å². The van der Waals surface area contributed by atoms with Crippen LogP contribution >= 0.6 is 15.9 Å². The minimum absolute atomic E-state index is 0.140. The van der Waals surface area contributed by atoms with Gasteiger partial charge in [-0.3, -0.25) is 9.59 Å². The molecule has 0 aromatic heterocycles. The van der Waals surface area contributed by atoms with Crippen LogP contribution in [0.25, 0.3) is 0 Å². The van der Waals surface area contributed by atoms with Gasteiger partial charge in [0.15, 0.2) is 6.61 Å². The highest BCUT2D eigenvalue weighted by atomic mass is 79.9. The molecule has 0 saturated carbocycles. The molecule has 1 aromatic rings. The molecule has 0 aliphatic heterocycles. The lowest BCUT2D eigenvalue weighted by Crippen LogP contribution is -2.38. The average Bonchev–Trinajstić information content (AvgIpc) is 2.43. The van der Waals surface area contributed by atoms with Gasteiger partial charge < -0.3 is 15.4 Å². The maximum absolute atomic E-state index is 11.7. The van der Waals surface area contributed by atoms with E-state index in [4.69, 9.17) is 4.74 Å². The van der Waals surface area contributed by atoms with Crippen molar-refractivity contribution in [3.8, 4) is 0 Å². The van der Waals surface area contributed by atoms with Gasteiger partial charge in [-0.2, -0.15) is 0 Å². The standard InChI is InChI=1S/C13H15BrN2O4/c1-2-15-11(17)7-16-12(18)8-20-13(19)9-5-3-4-6-10(9)14/h3-6H,2,7-8H2,1H3,(H,15,17)(H,16,18). The van der Waals surface area contributed by atoms with Crippen LogP contribution in [0.1, 0.15) is 17.3 Å². The minimum Gasteiger partial charge on any atom is -0.452 e. The van der Waals surface area contributed by atoms with Crippen LogP contribution in [0.5, 0.6) is 0 Å². The molecule has 1 rings (SSSR count). The second kappa shape index (κ2) is 8.31. The molecule has 0 aliphatic carbocycles. The summed E-state index contributed by atoms with van der Waals surface area (Å²) in [5.41, 5.74) is 0.337. The smallest absolute Gasteiger partial charge is 0.339 e. The summed E-state index contributed by atoms with van der Waals surface area (Å²) in [5.74, 6) is -1.43. The van der Waals surface area contributed by atoms with Crippen molar-refractivity contribution in [1.29, 1.82) is 0 Å². The molecule has 20 heavy (non-hydrogen) atoms. The van der Waals surface area contributed by atoms with Crippen LogP contribution in [-0.2, 0) is 14.3 Å². The van der Waals surface area contributed by atoms with Gasteiger partial charge in [0.2, 0.25) is 5.91 Å². The highest BCUT2D eigenvalue weighted by Gasteiger charge is 2.13. The van der Waals surface area contributed by atoms with Crippen LogP contribution in [0.3, 0.4) is 0 Å². The van der Waals surface area contributed by atoms with E-state index in [9.17, 15) is 14.4 Å². The van der Waals surface area contributed by atoms with Crippen molar-refractivity contribution in [1.82, 2.24) is 10.6 Å². The van der Waals surface area contributed by atoms with Crippen LogP contribution in [-0.4, -0.2) is 37.5 Å². The topological polar surface area (TPSA) is 84.5 Å². The molecule has 0 saturated heterocycles. The van der Waals surface area contributed by atoms with Crippen LogP contribution in [0.2, 0.25) is 0 Å². The first-order chi connectivity index (χ1) is 9.54. The monoisotopic (exact) mass is 342 g/mol. The van der Waals surface area contributed by atoms with Crippen LogP contribution in [0.15, 0.2) is 28.7 Å². The van der Waals surface area contributed by atoms with Crippen molar-refractivity contribution in [3.05, 3.63) is 34.3 Å². The quantitative estimate of drug-likeness (QED) is 0.751. The van der Waals surface area contributed by atoms with Gasteiger partial charge in [0.05, 0.1) is 12.1 Å². The van der Waals surface area contributed by atoms with E-state index in [2.05, 4.69) is 26.6 Å². The minimum atomic E-state index is -0.606. The Hall–Kier alpha value is -1.89. The zero-order chi connectivity index (χ0) is 15.0. The molecule has 0 radical (unpaired) electrons. The van der Waals surface area contributed by atoms with Crippen LogP contribution < -0.4 is 10.6 Å². The number of benzene rings is 1. The second-order valence-electron chi connectivity index (χ2n) is 3.79. The zero-order valence-corrected chi connectivity index (χ0v) is 12.5. The average molecular weight is 343 g/mol. The molecule has 0 atom stereocenters. The van der Waals surface area contributed by atoms with Crippen molar-refractivity contribution in [2.45, 2.75) is 6.92 Å². The van der Waals surface area contributed by atoms with Gasteiger partial charge >= 0.3 is 5.97 Å². The summed E-state index contributed by atoms with van der Waals surface area (Å²) in [6, 6.07) is 6.74. The predicted molar refractivity (Wildman–Crippen MR) is 76.1 cm³/mol. The van der Waals surface area contributed by atoms with Crippen molar-refractivity contribution >= 4 is 33.7 Å². The van der Waals surface area contributed by atoms with E-state index in [0.29, 0.717) is 16.6 Å². The molecule has 0 bridgehead atoms. The van der Waals surface area contributed by atoms with E-state index in [1.54, 1.807) is 31.2 Å². The first-order valence-electron chi connectivity index (χ1n) is 5.99. The van der Waals surface area contributed by atoms with Crippen molar-refractivity contribution in [2.75, 3.05) is 19.7 Å². The van der Waals surface area contributed by atoms with E-state index >= 15 is 0 Å². The summed E-state index contributed by atoms with van der Waals surface area (Å²) in [7, 11) is 0. The number of nitrogens with one attached hydrogen (secondary N) is 2.